The maximum absolute atomic E-state index is 11.8. The van der Waals surface area contributed by atoms with Gasteiger partial charge in [-0.3, -0.25) is 0 Å². The molecule has 2 rings (SSSR count). The predicted molar refractivity (Wildman–Crippen MR) is 97.5 cm³/mol. The maximum Gasteiger partial charge on any atom is 0.150 e. The summed E-state index contributed by atoms with van der Waals surface area (Å²) in [4.78, 5) is 0. The van der Waals surface area contributed by atoms with E-state index in [-0.39, 0.29) is 16.9 Å². The molecule has 0 spiro atoms. The molecule has 130 valence electrons. The first-order valence-electron chi connectivity index (χ1n) is 8.56. The van der Waals surface area contributed by atoms with Gasteiger partial charge in [0.15, 0.2) is 9.84 Å². The first-order chi connectivity index (χ1) is 10.5. The first kappa shape index (κ1) is 18.5. The molecule has 3 nitrogen and oxygen atoms in total. The van der Waals surface area contributed by atoms with Crippen LogP contribution in [0.4, 0.5) is 0 Å². The summed E-state index contributed by atoms with van der Waals surface area (Å²) in [6.45, 7) is 11.7. The summed E-state index contributed by atoms with van der Waals surface area (Å²) < 4.78 is 23.5. The fourth-order valence-electron chi connectivity index (χ4n) is 3.17. The van der Waals surface area contributed by atoms with Crippen molar-refractivity contribution < 1.29 is 8.42 Å². The van der Waals surface area contributed by atoms with Crippen LogP contribution in [0.25, 0.3) is 0 Å². The lowest BCUT2D eigenvalue weighted by molar-refractivity contribution is 0.350. The molecule has 1 atom stereocenters. The molecule has 0 radical (unpaired) electrons. The van der Waals surface area contributed by atoms with Gasteiger partial charge in [0.2, 0.25) is 0 Å². The molecule has 0 unspecified atom stereocenters. The Bertz CT molecular complexity index is 624. The molecule has 1 N–H and O–H groups in total. The third kappa shape index (κ3) is 5.05. The summed E-state index contributed by atoms with van der Waals surface area (Å²) in [7, 11) is -2.83. The van der Waals surface area contributed by atoms with E-state index in [0.29, 0.717) is 11.5 Å². The number of hydrogen-bond donors (Lipinski definition) is 1. The molecule has 0 bridgehead atoms. The highest BCUT2D eigenvalue weighted by Crippen LogP contribution is 2.27. The molecule has 1 aliphatic rings. The van der Waals surface area contributed by atoms with Crippen molar-refractivity contribution in [2.45, 2.75) is 58.4 Å². The molecule has 1 aliphatic heterocycles. The van der Waals surface area contributed by atoms with Crippen LogP contribution in [0, 0.1) is 5.92 Å². The molecule has 1 saturated heterocycles. The standard InChI is InChI=1S/C19H31NO2S/c1-18(2,3)16-8-10-17(11-9-16)19(4,5)20-13-15-7-6-12-23(21,22)14-15/h8-11,15,20H,6-7,12-14H2,1-5H3/t15-/m0/s1. The van der Waals surface area contributed by atoms with Crippen LogP contribution < -0.4 is 5.32 Å². The van der Waals surface area contributed by atoms with Crippen molar-refractivity contribution in [1.29, 1.82) is 0 Å². The number of sulfone groups is 1. The largest absolute Gasteiger partial charge is 0.308 e. The van der Waals surface area contributed by atoms with Crippen molar-refractivity contribution in [3.8, 4) is 0 Å². The van der Waals surface area contributed by atoms with E-state index in [1.54, 1.807) is 0 Å². The monoisotopic (exact) mass is 337 g/mol. The lowest BCUT2D eigenvalue weighted by Crippen LogP contribution is -2.42. The molecule has 1 fully saturated rings. The Kier molecular flexibility index (Phi) is 5.27. The molecule has 1 aromatic rings. The van der Waals surface area contributed by atoms with Crippen LogP contribution >= 0.6 is 0 Å². The Balaban J connectivity index is 2.01. The number of nitrogens with one attached hydrogen (secondary N) is 1. The molecule has 1 heterocycles. The van der Waals surface area contributed by atoms with Gasteiger partial charge in [-0.05, 0) is 55.7 Å². The van der Waals surface area contributed by atoms with E-state index in [2.05, 4.69) is 64.2 Å². The topological polar surface area (TPSA) is 46.2 Å². The molecular formula is C19H31NO2S. The summed E-state index contributed by atoms with van der Waals surface area (Å²) in [6, 6.07) is 8.77. The summed E-state index contributed by atoms with van der Waals surface area (Å²) in [6.07, 6.45) is 1.81. The van der Waals surface area contributed by atoms with Crippen molar-refractivity contribution in [1.82, 2.24) is 5.32 Å². The van der Waals surface area contributed by atoms with Crippen molar-refractivity contribution >= 4 is 9.84 Å². The van der Waals surface area contributed by atoms with Crippen LogP contribution in [0.5, 0.6) is 0 Å². The third-order valence-electron chi connectivity index (χ3n) is 4.86. The average molecular weight is 338 g/mol. The quantitative estimate of drug-likeness (QED) is 0.912. The SMILES string of the molecule is CC(C)(C)c1ccc(C(C)(C)NC[C@@H]2CCCS(=O)(=O)C2)cc1. The predicted octanol–water partition coefficient (Wildman–Crippen LogP) is 3.63. The number of rotatable bonds is 4. The van der Waals surface area contributed by atoms with Gasteiger partial charge in [0.25, 0.3) is 0 Å². The molecule has 0 saturated carbocycles. The molecule has 0 aromatic heterocycles. The zero-order valence-corrected chi connectivity index (χ0v) is 16.0. The van der Waals surface area contributed by atoms with E-state index in [4.69, 9.17) is 0 Å². The van der Waals surface area contributed by atoms with Gasteiger partial charge >= 0.3 is 0 Å². The molecule has 4 heteroatoms. The van der Waals surface area contributed by atoms with Crippen molar-refractivity contribution in [3.63, 3.8) is 0 Å². The average Bonchev–Trinajstić information content (AvgIpc) is 2.43. The van der Waals surface area contributed by atoms with Gasteiger partial charge in [-0.25, -0.2) is 8.42 Å². The summed E-state index contributed by atoms with van der Waals surface area (Å²) in [5.74, 6) is 0.932. The maximum atomic E-state index is 11.8. The first-order valence-corrected chi connectivity index (χ1v) is 10.4. The smallest absolute Gasteiger partial charge is 0.150 e. The third-order valence-corrected chi connectivity index (χ3v) is 6.75. The van der Waals surface area contributed by atoms with Gasteiger partial charge in [-0.1, -0.05) is 45.0 Å². The summed E-state index contributed by atoms with van der Waals surface area (Å²) in [5.41, 5.74) is 2.57. The minimum Gasteiger partial charge on any atom is -0.308 e. The van der Waals surface area contributed by atoms with Crippen molar-refractivity contribution in [2.75, 3.05) is 18.1 Å². The van der Waals surface area contributed by atoms with Crippen LogP contribution in [0.1, 0.15) is 58.6 Å². The second-order valence-electron chi connectivity index (χ2n) is 8.46. The Morgan fingerprint density at radius 1 is 1.04 bits per heavy atom. The van der Waals surface area contributed by atoms with Gasteiger partial charge in [0.05, 0.1) is 11.5 Å². The second-order valence-corrected chi connectivity index (χ2v) is 10.7. The van der Waals surface area contributed by atoms with Gasteiger partial charge in [-0.15, -0.1) is 0 Å². The Labute approximate surface area is 141 Å². The van der Waals surface area contributed by atoms with E-state index in [1.807, 2.05) is 0 Å². The van der Waals surface area contributed by atoms with E-state index in [9.17, 15) is 8.42 Å². The van der Waals surface area contributed by atoms with Gasteiger partial charge in [0.1, 0.15) is 0 Å². The Morgan fingerprint density at radius 3 is 2.13 bits per heavy atom. The van der Waals surface area contributed by atoms with E-state index in [1.165, 1.54) is 11.1 Å². The number of benzene rings is 1. The molecule has 0 amide bonds. The zero-order valence-electron chi connectivity index (χ0n) is 15.1. The highest BCUT2D eigenvalue weighted by atomic mass is 32.2. The van der Waals surface area contributed by atoms with Gasteiger partial charge < -0.3 is 5.32 Å². The fourth-order valence-corrected chi connectivity index (χ4v) is 4.94. The molecule has 1 aromatic carbocycles. The van der Waals surface area contributed by atoms with Crippen LogP contribution in [-0.4, -0.2) is 26.5 Å². The molecule has 0 aliphatic carbocycles. The van der Waals surface area contributed by atoms with E-state index >= 15 is 0 Å². The minimum absolute atomic E-state index is 0.155. The zero-order chi connectivity index (χ0) is 17.3. The molecule has 23 heavy (non-hydrogen) atoms. The summed E-state index contributed by atoms with van der Waals surface area (Å²) >= 11 is 0. The fraction of sp³-hybridized carbons (Fsp3) is 0.684. The highest BCUT2D eigenvalue weighted by Gasteiger charge is 2.27. The van der Waals surface area contributed by atoms with E-state index in [0.717, 1.165) is 19.4 Å². The Hall–Kier alpha value is -0.870. The van der Waals surface area contributed by atoms with Crippen LogP contribution in [-0.2, 0) is 20.8 Å². The van der Waals surface area contributed by atoms with Gasteiger partial charge in [0, 0.05) is 5.54 Å². The van der Waals surface area contributed by atoms with Gasteiger partial charge in [-0.2, -0.15) is 0 Å². The van der Waals surface area contributed by atoms with Crippen molar-refractivity contribution in [2.24, 2.45) is 5.92 Å². The van der Waals surface area contributed by atoms with Crippen LogP contribution in [0.15, 0.2) is 24.3 Å². The second kappa shape index (κ2) is 6.56. The normalized spacial score (nSPS) is 22.0. The summed E-state index contributed by atoms with van der Waals surface area (Å²) in [5, 5.41) is 3.58. The lowest BCUT2D eigenvalue weighted by Gasteiger charge is -2.31. The van der Waals surface area contributed by atoms with Crippen LogP contribution in [0.3, 0.4) is 0 Å². The number of hydrogen-bond acceptors (Lipinski definition) is 3. The highest BCUT2D eigenvalue weighted by molar-refractivity contribution is 7.91. The van der Waals surface area contributed by atoms with Crippen LogP contribution in [0.2, 0.25) is 0 Å². The molecular weight excluding hydrogens is 306 g/mol. The Morgan fingerprint density at radius 2 is 1.61 bits per heavy atom. The van der Waals surface area contributed by atoms with E-state index < -0.39 is 9.84 Å². The minimum atomic E-state index is -2.83. The van der Waals surface area contributed by atoms with Crippen molar-refractivity contribution in [3.05, 3.63) is 35.4 Å². The lowest BCUT2D eigenvalue weighted by atomic mass is 9.84.